The molecule has 0 saturated carbocycles. The van der Waals surface area contributed by atoms with Crippen LogP contribution in [0.3, 0.4) is 0 Å². The maximum Gasteiger partial charge on any atom is 0.417 e. The van der Waals surface area contributed by atoms with Gasteiger partial charge >= 0.3 is 6.18 Å². The Bertz CT molecular complexity index is 276. The lowest BCUT2D eigenvalue weighted by atomic mass is 10.3. The van der Waals surface area contributed by atoms with Crippen molar-refractivity contribution in [2.75, 3.05) is 0 Å². The standard InChI is InChI=1S/C6H4F3NOS/c7-6(8,9)4-1-2-10-3-5(4)12-11/h1-3,11H. The second-order valence-electron chi connectivity index (χ2n) is 1.96. The van der Waals surface area contributed by atoms with Crippen molar-refractivity contribution in [1.82, 2.24) is 4.98 Å². The van der Waals surface area contributed by atoms with E-state index in [1.807, 2.05) is 0 Å². The maximum atomic E-state index is 12.1. The van der Waals surface area contributed by atoms with E-state index in [0.717, 1.165) is 18.5 Å². The highest BCUT2D eigenvalue weighted by atomic mass is 32.2. The van der Waals surface area contributed by atoms with E-state index < -0.39 is 11.7 Å². The predicted octanol–water partition coefficient (Wildman–Crippen LogP) is 2.67. The summed E-state index contributed by atoms with van der Waals surface area (Å²) in [6, 6.07) is 0.818. The molecule has 0 aliphatic carbocycles. The van der Waals surface area contributed by atoms with Crippen LogP contribution >= 0.6 is 12.0 Å². The number of nitrogens with zero attached hydrogens (tertiary/aromatic N) is 1. The van der Waals surface area contributed by atoms with Gasteiger partial charge < -0.3 is 4.55 Å². The van der Waals surface area contributed by atoms with Crippen molar-refractivity contribution in [1.29, 1.82) is 0 Å². The molecule has 2 nitrogen and oxygen atoms in total. The molecule has 1 aromatic rings. The predicted molar refractivity (Wildman–Crippen MR) is 37.7 cm³/mol. The summed E-state index contributed by atoms with van der Waals surface area (Å²) >= 11 is 0.0398. The van der Waals surface area contributed by atoms with Crippen LogP contribution in [0.2, 0.25) is 0 Å². The van der Waals surface area contributed by atoms with Crippen LogP contribution in [0, 0.1) is 0 Å². The van der Waals surface area contributed by atoms with Gasteiger partial charge in [0.1, 0.15) is 0 Å². The van der Waals surface area contributed by atoms with E-state index in [-0.39, 0.29) is 16.9 Å². The van der Waals surface area contributed by atoms with E-state index in [9.17, 15) is 13.2 Å². The molecule has 12 heavy (non-hydrogen) atoms. The van der Waals surface area contributed by atoms with Gasteiger partial charge in [-0.05, 0) is 6.07 Å². The fraction of sp³-hybridized carbons (Fsp3) is 0.167. The van der Waals surface area contributed by atoms with E-state index in [1.165, 1.54) is 0 Å². The van der Waals surface area contributed by atoms with Crippen LogP contribution in [-0.4, -0.2) is 9.54 Å². The summed E-state index contributed by atoms with van der Waals surface area (Å²) in [7, 11) is 0. The van der Waals surface area contributed by atoms with Crippen LogP contribution in [0.1, 0.15) is 5.56 Å². The molecule has 1 aromatic heterocycles. The van der Waals surface area contributed by atoms with Crippen LogP contribution < -0.4 is 0 Å². The van der Waals surface area contributed by atoms with E-state index in [4.69, 9.17) is 4.55 Å². The summed E-state index contributed by atoms with van der Waals surface area (Å²) in [6.45, 7) is 0. The molecule has 0 bridgehead atoms. The highest BCUT2D eigenvalue weighted by Gasteiger charge is 2.33. The van der Waals surface area contributed by atoms with Gasteiger partial charge in [-0.3, -0.25) is 4.98 Å². The van der Waals surface area contributed by atoms with Gasteiger partial charge in [0.25, 0.3) is 0 Å². The first-order valence-electron chi connectivity index (χ1n) is 2.88. The summed E-state index contributed by atoms with van der Waals surface area (Å²) in [5.41, 5.74) is -0.870. The largest absolute Gasteiger partial charge is 0.417 e. The monoisotopic (exact) mass is 195 g/mol. The van der Waals surface area contributed by atoms with E-state index in [1.54, 1.807) is 0 Å². The number of alkyl halides is 3. The smallest absolute Gasteiger partial charge is 0.325 e. The normalized spacial score (nSPS) is 11.7. The average molecular weight is 195 g/mol. The summed E-state index contributed by atoms with van der Waals surface area (Å²) in [5.74, 6) is 0. The zero-order valence-corrected chi connectivity index (χ0v) is 6.49. The highest BCUT2D eigenvalue weighted by Crippen LogP contribution is 2.34. The van der Waals surface area contributed by atoms with E-state index in [2.05, 4.69) is 4.98 Å². The first kappa shape index (κ1) is 9.34. The molecule has 0 saturated heterocycles. The summed E-state index contributed by atoms with van der Waals surface area (Å²) in [5, 5.41) is 0. The van der Waals surface area contributed by atoms with Crippen molar-refractivity contribution in [3.05, 3.63) is 24.0 Å². The molecule has 66 valence electrons. The van der Waals surface area contributed by atoms with Gasteiger partial charge in [0.05, 0.1) is 10.5 Å². The number of hydrogen-bond donors (Lipinski definition) is 1. The maximum absolute atomic E-state index is 12.1. The van der Waals surface area contributed by atoms with Gasteiger partial charge in [0.2, 0.25) is 0 Å². The summed E-state index contributed by atoms with van der Waals surface area (Å²) < 4.78 is 44.7. The number of hydrogen-bond acceptors (Lipinski definition) is 3. The molecule has 0 atom stereocenters. The Labute approximate surface area is 70.6 Å². The molecule has 0 spiro atoms. The zero-order chi connectivity index (χ0) is 9.19. The van der Waals surface area contributed by atoms with Crippen LogP contribution in [0.25, 0.3) is 0 Å². The summed E-state index contributed by atoms with van der Waals surface area (Å²) in [4.78, 5) is 3.16. The van der Waals surface area contributed by atoms with Gasteiger partial charge in [0, 0.05) is 24.4 Å². The lowest BCUT2D eigenvalue weighted by molar-refractivity contribution is -0.139. The molecule has 0 amide bonds. The Balaban J connectivity index is 3.14. The Morgan fingerprint density at radius 1 is 1.42 bits per heavy atom. The van der Waals surface area contributed by atoms with Crippen molar-refractivity contribution < 1.29 is 17.7 Å². The Morgan fingerprint density at radius 3 is 2.50 bits per heavy atom. The quantitative estimate of drug-likeness (QED) is 0.699. The molecular formula is C6H4F3NOS. The van der Waals surface area contributed by atoms with Crippen molar-refractivity contribution in [2.45, 2.75) is 11.1 Å². The van der Waals surface area contributed by atoms with Crippen LogP contribution in [0.5, 0.6) is 0 Å². The molecule has 1 N–H and O–H groups in total. The first-order valence-corrected chi connectivity index (χ1v) is 3.65. The van der Waals surface area contributed by atoms with Crippen molar-refractivity contribution in [2.24, 2.45) is 0 Å². The fourth-order valence-electron chi connectivity index (χ4n) is 0.687. The minimum absolute atomic E-state index is 0.0398. The van der Waals surface area contributed by atoms with Gasteiger partial charge in [-0.1, -0.05) is 0 Å². The van der Waals surface area contributed by atoms with E-state index in [0.29, 0.717) is 0 Å². The Hall–Kier alpha value is -0.750. The second-order valence-corrected chi connectivity index (χ2v) is 2.58. The second kappa shape index (κ2) is 3.32. The highest BCUT2D eigenvalue weighted by molar-refractivity contribution is 7.93. The first-order chi connectivity index (χ1) is 5.55. The van der Waals surface area contributed by atoms with Gasteiger partial charge in [-0.15, -0.1) is 0 Å². The van der Waals surface area contributed by atoms with E-state index >= 15 is 0 Å². The van der Waals surface area contributed by atoms with Crippen LogP contribution in [0.15, 0.2) is 23.4 Å². The number of aromatic nitrogens is 1. The van der Waals surface area contributed by atoms with Crippen molar-refractivity contribution >= 4 is 12.0 Å². The number of pyridine rings is 1. The Kier molecular flexibility index (Phi) is 2.58. The van der Waals surface area contributed by atoms with Crippen LogP contribution in [-0.2, 0) is 6.18 Å². The molecular weight excluding hydrogens is 191 g/mol. The molecule has 0 aromatic carbocycles. The minimum atomic E-state index is -4.44. The van der Waals surface area contributed by atoms with Crippen molar-refractivity contribution in [3.63, 3.8) is 0 Å². The molecule has 0 aliphatic heterocycles. The Morgan fingerprint density at radius 2 is 2.08 bits per heavy atom. The third-order valence-electron chi connectivity index (χ3n) is 1.19. The molecule has 0 fully saturated rings. The molecule has 0 unspecified atom stereocenters. The fourth-order valence-corrected chi connectivity index (χ4v) is 1.08. The lowest BCUT2D eigenvalue weighted by Crippen LogP contribution is -2.06. The summed E-state index contributed by atoms with van der Waals surface area (Å²) in [6.07, 6.45) is -2.44. The third-order valence-corrected chi connectivity index (χ3v) is 1.71. The van der Waals surface area contributed by atoms with Crippen LogP contribution in [0.4, 0.5) is 13.2 Å². The number of halogens is 3. The average Bonchev–Trinajstić information content (AvgIpc) is 2.03. The molecule has 0 aliphatic rings. The van der Waals surface area contributed by atoms with Gasteiger partial charge in [0.15, 0.2) is 0 Å². The molecule has 1 rings (SSSR count). The number of rotatable bonds is 1. The van der Waals surface area contributed by atoms with Gasteiger partial charge in [-0.2, -0.15) is 13.2 Å². The zero-order valence-electron chi connectivity index (χ0n) is 5.67. The van der Waals surface area contributed by atoms with Crippen molar-refractivity contribution in [3.8, 4) is 0 Å². The lowest BCUT2D eigenvalue weighted by Gasteiger charge is -2.08. The molecule has 0 radical (unpaired) electrons. The minimum Gasteiger partial charge on any atom is -0.325 e. The third kappa shape index (κ3) is 1.89. The molecule has 6 heteroatoms. The molecule has 1 heterocycles. The SMILES string of the molecule is OSc1cnccc1C(F)(F)F. The van der Waals surface area contributed by atoms with Gasteiger partial charge in [-0.25, -0.2) is 0 Å². The topological polar surface area (TPSA) is 33.1 Å².